The number of nitrogen functional groups attached to an aromatic ring is 1. The molecule has 0 aliphatic carbocycles. The fourth-order valence-corrected chi connectivity index (χ4v) is 3.49. The molecule has 1 aliphatic heterocycles. The summed E-state index contributed by atoms with van der Waals surface area (Å²) in [5, 5.41) is 31.8. The van der Waals surface area contributed by atoms with Gasteiger partial charge in [-0.15, -0.1) is 0 Å². The average molecular weight is 375 g/mol. The van der Waals surface area contributed by atoms with Crippen LogP contribution < -0.4 is 10.4 Å². The summed E-state index contributed by atoms with van der Waals surface area (Å²) in [7, 11) is -1.36. The first-order valence-electron chi connectivity index (χ1n) is 7.57. The zero-order valence-electron chi connectivity index (χ0n) is 13.3. The number of oxime groups is 1. The van der Waals surface area contributed by atoms with Gasteiger partial charge in [0.25, 0.3) is 0 Å². The SMILES string of the molecule is Nc1ncc(/C(=N/O)C(=O)C[C@H]2Cc3cccc(C(=O)O)c3OB2O)s1. The highest BCUT2D eigenvalue weighted by molar-refractivity contribution is 7.18. The smallest absolute Gasteiger partial charge is 0.526 e. The van der Waals surface area contributed by atoms with E-state index >= 15 is 0 Å². The van der Waals surface area contributed by atoms with Crippen molar-refractivity contribution in [2.24, 2.45) is 5.16 Å². The van der Waals surface area contributed by atoms with E-state index in [0.29, 0.717) is 10.4 Å². The number of hydrogen-bond acceptors (Lipinski definition) is 9. The van der Waals surface area contributed by atoms with Gasteiger partial charge in [0.15, 0.2) is 16.6 Å². The van der Waals surface area contributed by atoms with Crippen LogP contribution in [-0.4, -0.2) is 44.9 Å². The number of carbonyl (C=O) groups excluding carboxylic acids is 1. The number of para-hydroxylation sites is 1. The number of fused-ring (bicyclic) bond motifs is 1. The van der Waals surface area contributed by atoms with Gasteiger partial charge in [0, 0.05) is 18.4 Å². The van der Waals surface area contributed by atoms with Crippen molar-refractivity contribution in [3.63, 3.8) is 0 Å². The highest BCUT2D eigenvalue weighted by Gasteiger charge is 2.38. The molecule has 134 valence electrons. The Balaban J connectivity index is 1.80. The lowest BCUT2D eigenvalue weighted by molar-refractivity contribution is -0.113. The number of thiazole rings is 1. The number of aromatic nitrogens is 1. The molecule has 1 aromatic carbocycles. The van der Waals surface area contributed by atoms with Crippen LogP contribution in [0.3, 0.4) is 0 Å². The molecule has 3 rings (SSSR count). The maximum Gasteiger partial charge on any atom is 0.526 e. The third kappa shape index (κ3) is 3.39. The van der Waals surface area contributed by atoms with Crippen molar-refractivity contribution in [3.8, 4) is 5.75 Å². The Morgan fingerprint density at radius 1 is 1.46 bits per heavy atom. The van der Waals surface area contributed by atoms with E-state index in [-0.39, 0.29) is 35.0 Å². The van der Waals surface area contributed by atoms with Gasteiger partial charge in [-0.1, -0.05) is 28.6 Å². The van der Waals surface area contributed by atoms with Crippen LogP contribution in [0.25, 0.3) is 0 Å². The van der Waals surface area contributed by atoms with Crippen LogP contribution in [0.15, 0.2) is 29.6 Å². The third-order valence-corrected chi connectivity index (χ3v) is 4.85. The van der Waals surface area contributed by atoms with Gasteiger partial charge in [0.2, 0.25) is 0 Å². The van der Waals surface area contributed by atoms with Crippen LogP contribution in [0.4, 0.5) is 5.13 Å². The lowest BCUT2D eigenvalue weighted by Gasteiger charge is -2.27. The molecule has 2 aromatic rings. The molecule has 0 saturated carbocycles. The summed E-state index contributed by atoms with van der Waals surface area (Å²) >= 11 is 1.00. The Kier molecular flexibility index (Phi) is 4.91. The lowest BCUT2D eigenvalue weighted by Crippen LogP contribution is -2.36. The molecule has 11 heteroatoms. The average Bonchev–Trinajstić information content (AvgIpc) is 3.01. The Morgan fingerprint density at radius 3 is 2.85 bits per heavy atom. The van der Waals surface area contributed by atoms with E-state index in [2.05, 4.69) is 10.1 Å². The Morgan fingerprint density at radius 2 is 2.23 bits per heavy atom. The summed E-state index contributed by atoms with van der Waals surface area (Å²) in [6, 6.07) is 4.63. The minimum atomic E-state index is -1.36. The molecule has 26 heavy (non-hydrogen) atoms. The number of hydrogen-bond donors (Lipinski definition) is 4. The summed E-state index contributed by atoms with van der Waals surface area (Å²) in [6.07, 6.45) is 1.41. The predicted molar refractivity (Wildman–Crippen MR) is 93.9 cm³/mol. The number of anilines is 1. The second-order valence-electron chi connectivity index (χ2n) is 5.71. The number of carboxylic acid groups (broad SMARTS) is 1. The zero-order valence-corrected chi connectivity index (χ0v) is 14.1. The predicted octanol–water partition coefficient (Wildman–Crippen LogP) is 1.05. The summed E-state index contributed by atoms with van der Waals surface area (Å²) < 4.78 is 5.35. The van der Waals surface area contributed by atoms with E-state index < -0.39 is 24.7 Å². The van der Waals surface area contributed by atoms with Crippen LogP contribution in [0.2, 0.25) is 5.82 Å². The van der Waals surface area contributed by atoms with Gasteiger partial charge >= 0.3 is 13.1 Å². The van der Waals surface area contributed by atoms with E-state index in [1.54, 1.807) is 12.1 Å². The molecule has 1 atom stereocenters. The Hall–Kier alpha value is -2.92. The van der Waals surface area contributed by atoms with Crippen molar-refractivity contribution in [2.45, 2.75) is 18.7 Å². The highest BCUT2D eigenvalue weighted by Crippen LogP contribution is 2.36. The first-order chi connectivity index (χ1) is 12.4. The van der Waals surface area contributed by atoms with Gasteiger partial charge in [-0.25, -0.2) is 9.78 Å². The van der Waals surface area contributed by atoms with Gasteiger partial charge < -0.3 is 25.7 Å². The van der Waals surface area contributed by atoms with E-state index in [9.17, 15) is 19.7 Å². The number of rotatable bonds is 5. The Labute approximate surface area is 151 Å². The fourth-order valence-electron chi connectivity index (χ4n) is 2.80. The quantitative estimate of drug-likeness (QED) is 0.262. The fraction of sp³-hybridized carbons (Fsp3) is 0.200. The van der Waals surface area contributed by atoms with Gasteiger partial charge in [-0.3, -0.25) is 4.79 Å². The standard InChI is InChI=1S/C15H14BN3O6S/c17-15-18-6-11(26-15)12(19-24)10(20)5-8-4-7-2-1-3-9(14(21)22)13(7)25-16(8)23/h1-3,6,8,23-24H,4-5H2,(H2,17,18)(H,21,22)/b19-12+/t8-/m1/s1. The second kappa shape index (κ2) is 7.14. The molecule has 0 saturated heterocycles. The van der Waals surface area contributed by atoms with Crippen molar-refractivity contribution in [2.75, 3.05) is 5.73 Å². The maximum atomic E-state index is 12.5. The number of ketones is 1. The van der Waals surface area contributed by atoms with Gasteiger partial charge in [-0.2, -0.15) is 0 Å². The van der Waals surface area contributed by atoms with Gasteiger partial charge in [0.05, 0.1) is 10.4 Å². The minimum Gasteiger partial charge on any atom is -0.535 e. The van der Waals surface area contributed by atoms with E-state index in [0.717, 1.165) is 11.3 Å². The molecule has 9 nitrogen and oxygen atoms in total. The maximum absolute atomic E-state index is 12.5. The Bertz CT molecular complexity index is 899. The van der Waals surface area contributed by atoms with E-state index in [4.69, 9.17) is 15.6 Å². The highest BCUT2D eigenvalue weighted by atomic mass is 32.1. The van der Waals surface area contributed by atoms with Crippen molar-refractivity contribution < 1.29 is 29.6 Å². The van der Waals surface area contributed by atoms with E-state index in [1.165, 1.54) is 12.3 Å². The molecular formula is C15H14BN3O6S. The summed E-state index contributed by atoms with van der Waals surface area (Å²) in [5.41, 5.74) is 5.85. The first kappa shape index (κ1) is 17.9. The van der Waals surface area contributed by atoms with E-state index in [1.807, 2.05) is 0 Å². The number of nitrogens with zero attached hydrogens (tertiary/aromatic N) is 2. The number of carbonyl (C=O) groups is 2. The monoisotopic (exact) mass is 375 g/mol. The number of Topliss-reactive ketones (excluding diaryl/α,β-unsaturated/α-hetero) is 1. The molecule has 0 spiro atoms. The molecular weight excluding hydrogens is 361 g/mol. The van der Waals surface area contributed by atoms with Crippen LogP contribution in [0, 0.1) is 0 Å². The topological polar surface area (TPSA) is 155 Å². The van der Waals surface area contributed by atoms with Crippen molar-refractivity contribution in [1.82, 2.24) is 4.98 Å². The van der Waals surface area contributed by atoms with Crippen LogP contribution in [-0.2, 0) is 11.2 Å². The van der Waals surface area contributed by atoms with Gasteiger partial charge in [-0.05, 0) is 18.1 Å². The number of aromatic carboxylic acids is 1. The molecule has 5 N–H and O–H groups in total. The molecule has 2 heterocycles. The second-order valence-corrected chi connectivity index (χ2v) is 6.77. The number of nitrogens with two attached hydrogens (primary N) is 1. The summed E-state index contributed by atoms with van der Waals surface area (Å²) in [5.74, 6) is -2.20. The van der Waals surface area contributed by atoms with Crippen LogP contribution in [0.1, 0.15) is 27.2 Å². The largest absolute Gasteiger partial charge is 0.535 e. The van der Waals surface area contributed by atoms with Crippen LogP contribution >= 0.6 is 11.3 Å². The third-order valence-electron chi connectivity index (χ3n) is 4.02. The lowest BCUT2D eigenvalue weighted by atomic mass is 9.64. The zero-order chi connectivity index (χ0) is 18.8. The molecule has 0 fully saturated rings. The molecule has 1 aliphatic rings. The summed E-state index contributed by atoms with van der Waals surface area (Å²) in [4.78, 5) is 27.8. The van der Waals surface area contributed by atoms with Crippen molar-refractivity contribution in [3.05, 3.63) is 40.4 Å². The molecule has 0 bridgehead atoms. The van der Waals surface area contributed by atoms with Crippen LogP contribution in [0.5, 0.6) is 5.75 Å². The molecule has 1 aromatic heterocycles. The molecule has 0 unspecified atom stereocenters. The van der Waals surface area contributed by atoms with Gasteiger partial charge in [0.1, 0.15) is 5.75 Å². The molecule has 0 radical (unpaired) electrons. The summed E-state index contributed by atoms with van der Waals surface area (Å²) in [6.45, 7) is 0. The normalized spacial score (nSPS) is 16.7. The van der Waals surface area contributed by atoms with Crippen molar-refractivity contribution in [1.29, 1.82) is 0 Å². The molecule has 0 amide bonds. The number of benzene rings is 1. The minimum absolute atomic E-state index is 0.0518. The first-order valence-corrected chi connectivity index (χ1v) is 8.39. The number of carboxylic acids is 1. The van der Waals surface area contributed by atoms with Crippen molar-refractivity contribution >= 4 is 41.1 Å².